The Bertz CT molecular complexity index is 795. The van der Waals surface area contributed by atoms with E-state index in [0.717, 1.165) is 17.5 Å². The molecule has 0 saturated carbocycles. The van der Waals surface area contributed by atoms with E-state index in [-0.39, 0.29) is 18.2 Å². The Hall–Kier alpha value is -2.04. The first-order valence-corrected chi connectivity index (χ1v) is 9.73. The molecule has 4 nitrogen and oxygen atoms in total. The minimum atomic E-state index is -0.606. The molecule has 2 rings (SSSR count). The standard InChI is InChI=1S/C21H24Cl2N2O2/c1-3-11-24-21(27)15(2)25(14-16-7-6-9-18(22)12-16)20(26)13-17-8-4-5-10-19(17)23/h4-10,12,15H,3,11,13-14H2,1-2H3,(H,24,27)/t15-/m0/s1. The summed E-state index contributed by atoms with van der Waals surface area (Å²) in [6.07, 6.45) is 0.964. The summed E-state index contributed by atoms with van der Waals surface area (Å²) in [5, 5.41) is 3.99. The second kappa shape index (κ2) is 10.3. The quantitative estimate of drug-likeness (QED) is 0.702. The van der Waals surface area contributed by atoms with Crippen LogP contribution in [0.15, 0.2) is 48.5 Å². The van der Waals surface area contributed by atoms with Gasteiger partial charge in [-0.05, 0) is 42.7 Å². The molecule has 2 aromatic rings. The Labute approximate surface area is 170 Å². The van der Waals surface area contributed by atoms with Gasteiger partial charge in [-0.25, -0.2) is 0 Å². The predicted molar refractivity (Wildman–Crippen MR) is 110 cm³/mol. The van der Waals surface area contributed by atoms with Crippen LogP contribution in [0.1, 0.15) is 31.4 Å². The van der Waals surface area contributed by atoms with Crippen LogP contribution in [0.4, 0.5) is 0 Å². The van der Waals surface area contributed by atoms with Crippen LogP contribution < -0.4 is 5.32 Å². The molecule has 144 valence electrons. The van der Waals surface area contributed by atoms with Gasteiger partial charge in [-0.1, -0.05) is 60.5 Å². The van der Waals surface area contributed by atoms with Gasteiger partial charge in [0.25, 0.3) is 0 Å². The van der Waals surface area contributed by atoms with Crippen LogP contribution in [0.3, 0.4) is 0 Å². The van der Waals surface area contributed by atoms with Gasteiger partial charge in [-0.2, -0.15) is 0 Å². The molecule has 2 aromatic carbocycles. The maximum atomic E-state index is 13.0. The van der Waals surface area contributed by atoms with Crippen LogP contribution in [-0.2, 0) is 22.6 Å². The molecule has 0 bridgehead atoms. The third-order valence-electron chi connectivity index (χ3n) is 4.26. The minimum absolute atomic E-state index is 0.131. The number of nitrogens with zero attached hydrogens (tertiary/aromatic N) is 1. The first-order chi connectivity index (χ1) is 12.9. The van der Waals surface area contributed by atoms with Crippen molar-refractivity contribution in [1.29, 1.82) is 0 Å². The molecule has 0 heterocycles. The van der Waals surface area contributed by atoms with Crippen molar-refractivity contribution in [1.82, 2.24) is 10.2 Å². The van der Waals surface area contributed by atoms with Crippen LogP contribution in [0, 0.1) is 0 Å². The molecule has 0 radical (unpaired) electrons. The van der Waals surface area contributed by atoms with Gasteiger partial charge in [0.1, 0.15) is 6.04 Å². The maximum absolute atomic E-state index is 13.0. The number of rotatable bonds is 8. The van der Waals surface area contributed by atoms with E-state index >= 15 is 0 Å². The second-order valence-corrected chi connectivity index (χ2v) is 7.23. The zero-order chi connectivity index (χ0) is 19.8. The third kappa shape index (κ3) is 6.26. The lowest BCUT2D eigenvalue weighted by molar-refractivity contribution is -0.140. The van der Waals surface area contributed by atoms with Gasteiger partial charge >= 0.3 is 0 Å². The predicted octanol–water partition coefficient (Wildman–Crippen LogP) is 4.48. The van der Waals surface area contributed by atoms with Gasteiger partial charge in [-0.15, -0.1) is 0 Å². The summed E-state index contributed by atoms with van der Waals surface area (Å²) in [7, 11) is 0. The molecule has 2 amide bonds. The molecule has 0 aromatic heterocycles. The van der Waals surface area contributed by atoms with Crippen LogP contribution in [-0.4, -0.2) is 29.3 Å². The topological polar surface area (TPSA) is 49.4 Å². The molecular formula is C21H24Cl2N2O2. The lowest BCUT2D eigenvalue weighted by Gasteiger charge is -2.29. The van der Waals surface area contributed by atoms with E-state index in [0.29, 0.717) is 23.1 Å². The highest BCUT2D eigenvalue weighted by Crippen LogP contribution is 2.19. The summed E-state index contributed by atoms with van der Waals surface area (Å²) < 4.78 is 0. The summed E-state index contributed by atoms with van der Waals surface area (Å²) in [6.45, 7) is 4.59. The van der Waals surface area contributed by atoms with Crippen molar-refractivity contribution in [3.05, 3.63) is 69.7 Å². The Balaban J connectivity index is 2.23. The van der Waals surface area contributed by atoms with E-state index < -0.39 is 6.04 Å². The highest BCUT2D eigenvalue weighted by Gasteiger charge is 2.26. The van der Waals surface area contributed by atoms with Gasteiger partial charge in [0.05, 0.1) is 6.42 Å². The summed E-state index contributed by atoms with van der Waals surface area (Å²) in [5.41, 5.74) is 1.60. The minimum Gasteiger partial charge on any atom is -0.354 e. The number of benzene rings is 2. The molecule has 0 fully saturated rings. The number of hydrogen-bond acceptors (Lipinski definition) is 2. The summed E-state index contributed by atoms with van der Waals surface area (Å²) >= 11 is 12.3. The van der Waals surface area contributed by atoms with Crippen LogP contribution in [0.2, 0.25) is 10.0 Å². The van der Waals surface area contributed by atoms with Crippen LogP contribution >= 0.6 is 23.2 Å². The average molecular weight is 407 g/mol. The monoisotopic (exact) mass is 406 g/mol. The highest BCUT2D eigenvalue weighted by molar-refractivity contribution is 6.31. The summed E-state index contributed by atoms with van der Waals surface area (Å²) in [6, 6.07) is 13.9. The van der Waals surface area contributed by atoms with E-state index in [1.807, 2.05) is 37.3 Å². The highest BCUT2D eigenvalue weighted by atomic mass is 35.5. The molecule has 0 aliphatic heterocycles. The Morgan fingerprint density at radius 2 is 1.85 bits per heavy atom. The lowest BCUT2D eigenvalue weighted by Crippen LogP contribution is -2.48. The largest absolute Gasteiger partial charge is 0.354 e. The van der Waals surface area contributed by atoms with Crippen molar-refractivity contribution in [3.8, 4) is 0 Å². The van der Waals surface area contributed by atoms with Gasteiger partial charge in [-0.3, -0.25) is 9.59 Å². The van der Waals surface area contributed by atoms with Crippen molar-refractivity contribution in [2.45, 2.75) is 39.3 Å². The van der Waals surface area contributed by atoms with Crippen molar-refractivity contribution in [2.24, 2.45) is 0 Å². The number of carbonyl (C=O) groups excluding carboxylic acids is 2. The number of halogens is 2. The maximum Gasteiger partial charge on any atom is 0.242 e. The number of nitrogens with one attached hydrogen (secondary N) is 1. The summed E-state index contributed by atoms with van der Waals surface area (Å²) in [5.74, 6) is -0.339. The van der Waals surface area contributed by atoms with Crippen molar-refractivity contribution in [3.63, 3.8) is 0 Å². The SMILES string of the molecule is CCCNC(=O)[C@H](C)N(Cc1cccc(Cl)c1)C(=O)Cc1ccccc1Cl. The molecule has 0 spiro atoms. The van der Waals surface area contributed by atoms with Crippen molar-refractivity contribution < 1.29 is 9.59 Å². The van der Waals surface area contributed by atoms with Crippen LogP contribution in [0.5, 0.6) is 0 Å². The molecule has 0 unspecified atom stereocenters. The molecular weight excluding hydrogens is 383 g/mol. The fourth-order valence-corrected chi connectivity index (χ4v) is 3.13. The average Bonchev–Trinajstić information content (AvgIpc) is 2.65. The zero-order valence-corrected chi connectivity index (χ0v) is 17.1. The van der Waals surface area contributed by atoms with E-state index in [9.17, 15) is 9.59 Å². The van der Waals surface area contributed by atoms with Gasteiger partial charge in [0, 0.05) is 23.1 Å². The second-order valence-electron chi connectivity index (χ2n) is 6.39. The first kappa shape index (κ1) is 21.3. The third-order valence-corrected chi connectivity index (χ3v) is 4.86. The van der Waals surface area contributed by atoms with E-state index in [1.54, 1.807) is 30.0 Å². The fraction of sp³-hybridized carbons (Fsp3) is 0.333. The zero-order valence-electron chi connectivity index (χ0n) is 15.5. The first-order valence-electron chi connectivity index (χ1n) is 8.97. The Morgan fingerprint density at radius 3 is 2.52 bits per heavy atom. The Morgan fingerprint density at radius 1 is 1.11 bits per heavy atom. The van der Waals surface area contributed by atoms with Gasteiger partial charge < -0.3 is 10.2 Å². The van der Waals surface area contributed by atoms with Crippen molar-refractivity contribution >= 4 is 35.0 Å². The van der Waals surface area contributed by atoms with Gasteiger partial charge in [0.15, 0.2) is 0 Å². The Kier molecular flexibility index (Phi) is 8.14. The molecule has 1 N–H and O–H groups in total. The lowest BCUT2D eigenvalue weighted by atomic mass is 10.1. The van der Waals surface area contributed by atoms with E-state index in [4.69, 9.17) is 23.2 Å². The molecule has 1 atom stereocenters. The molecule has 6 heteroatoms. The van der Waals surface area contributed by atoms with E-state index in [1.165, 1.54) is 0 Å². The van der Waals surface area contributed by atoms with Crippen LogP contribution in [0.25, 0.3) is 0 Å². The van der Waals surface area contributed by atoms with Crippen molar-refractivity contribution in [2.75, 3.05) is 6.54 Å². The smallest absolute Gasteiger partial charge is 0.242 e. The van der Waals surface area contributed by atoms with E-state index in [2.05, 4.69) is 5.32 Å². The normalized spacial score (nSPS) is 11.7. The number of amides is 2. The number of carbonyl (C=O) groups is 2. The number of hydrogen-bond donors (Lipinski definition) is 1. The molecule has 0 aliphatic rings. The molecule has 27 heavy (non-hydrogen) atoms. The fourth-order valence-electron chi connectivity index (χ4n) is 2.72. The molecule has 0 saturated heterocycles. The van der Waals surface area contributed by atoms with Gasteiger partial charge in [0.2, 0.25) is 11.8 Å². The molecule has 0 aliphatic carbocycles. The summed E-state index contributed by atoms with van der Waals surface area (Å²) in [4.78, 5) is 27.1.